The van der Waals surface area contributed by atoms with E-state index in [1.165, 1.54) is 5.56 Å². The Morgan fingerprint density at radius 3 is 2.07 bits per heavy atom. The largest absolute Gasteiger partial charge is 0.464 e. The minimum atomic E-state index is -0.449. The third-order valence-corrected chi connectivity index (χ3v) is 4.20. The van der Waals surface area contributed by atoms with Crippen molar-refractivity contribution < 1.29 is 19.1 Å². The quantitative estimate of drug-likeness (QED) is 0.436. The van der Waals surface area contributed by atoms with Gasteiger partial charge in [-0.15, -0.1) is 0 Å². The van der Waals surface area contributed by atoms with Gasteiger partial charge in [-0.1, -0.05) is 48.5 Å². The van der Waals surface area contributed by atoms with Crippen molar-refractivity contribution in [3.8, 4) is 11.5 Å². The third kappa shape index (κ3) is 6.81. The van der Waals surface area contributed by atoms with Crippen LogP contribution in [0.15, 0.2) is 84.9 Å². The summed E-state index contributed by atoms with van der Waals surface area (Å²) in [5.74, 6) is 0.568. The van der Waals surface area contributed by atoms with Gasteiger partial charge in [-0.05, 0) is 54.8 Å². The van der Waals surface area contributed by atoms with E-state index in [-0.39, 0.29) is 12.5 Å². The standard InChI is InChI=1S/C24H23NO4/c26-23(28-17-7-10-19-8-3-1-4-9-19)18-25-24(27)20-13-15-22(16-14-20)29-21-11-5-2-6-12-21/h1-6,8-9,11-16H,7,10,17-18H2,(H,25,27). The first-order chi connectivity index (χ1) is 14.2. The highest BCUT2D eigenvalue weighted by Crippen LogP contribution is 2.21. The van der Waals surface area contributed by atoms with Crippen LogP contribution in [0.2, 0.25) is 0 Å². The van der Waals surface area contributed by atoms with Crippen molar-refractivity contribution in [2.24, 2.45) is 0 Å². The summed E-state index contributed by atoms with van der Waals surface area (Å²) >= 11 is 0. The lowest BCUT2D eigenvalue weighted by Crippen LogP contribution is -2.30. The molecule has 0 unspecified atom stereocenters. The maximum Gasteiger partial charge on any atom is 0.325 e. The smallest absolute Gasteiger partial charge is 0.325 e. The van der Waals surface area contributed by atoms with Crippen molar-refractivity contribution in [3.05, 3.63) is 96.1 Å². The van der Waals surface area contributed by atoms with Crippen LogP contribution in [-0.4, -0.2) is 25.0 Å². The molecule has 0 aliphatic carbocycles. The van der Waals surface area contributed by atoms with Gasteiger partial charge in [0, 0.05) is 5.56 Å². The van der Waals surface area contributed by atoms with Gasteiger partial charge in [-0.3, -0.25) is 9.59 Å². The molecule has 0 spiro atoms. The normalized spacial score (nSPS) is 10.2. The average molecular weight is 389 g/mol. The lowest BCUT2D eigenvalue weighted by atomic mass is 10.1. The number of amides is 1. The Balaban J connectivity index is 1.36. The van der Waals surface area contributed by atoms with Crippen LogP contribution in [0.25, 0.3) is 0 Å². The SMILES string of the molecule is O=C(CNC(=O)c1ccc(Oc2ccccc2)cc1)OCCCc1ccccc1. The predicted molar refractivity (Wildman–Crippen MR) is 111 cm³/mol. The minimum absolute atomic E-state index is 0.160. The van der Waals surface area contributed by atoms with Crippen molar-refractivity contribution >= 4 is 11.9 Å². The van der Waals surface area contributed by atoms with Crippen molar-refractivity contribution in [2.75, 3.05) is 13.2 Å². The minimum Gasteiger partial charge on any atom is -0.464 e. The maximum atomic E-state index is 12.2. The first kappa shape index (κ1) is 20.1. The van der Waals surface area contributed by atoms with Gasteiger partial charge in [0.25, 0.3) is 5.91 Å². The van der Waals surface area contributed by atoms with Gasteiger partial charge in [-0.2, -0.15) is 0 Å². The Morgan fingerprint density at radius 1 is 0.759 bits per heavy atom. The highest BCUT2D eigenvalue weighted by molar-refractivity contribution is 5.96. The Morgan fingerprint density at radius 2 is 1.38 bits per heavy atom. The summed E-state index contributed by atoms with van der Waals surface area (Å²) in [4.78, 5) is 24.0. The van der Waals surface area contributed by atoms with Gasteiger partial charge in [0.15, 0.2) is 0 Å². The zero-order valence-electron chi connectivity index (χ0n) is 16.0. The summed E-state index contributed by atoms with van der Waals surface area (Å²) in [6.07, 6.45) is 1.59. The number of esters is 1. The van der Waals surface area contributed by atoms with Crippen molar-refractivity contribution in [3.63, 3.8) is 0 Å². The van der Waals surface area contributed by atoms with Gasteiger partial charge in [0.1, 0.15) is 18.0 Å². The van der Waals surface area contributed by atoms with Gasteiger partial charge in [0.2, 0.25) is 0 Å². The number of rotatable bonds is 9. The molecule has 0 fully saturated rings. The Labute approximate surface area is 170 Å². The van der Waals surface area contributed by atoms with Crippen LogP contribution in [-0.2, 0) is 16.0 Å². The first-order valence-corrected chi connectivity index (χ1v) is 9.51. The zero-order chi connectivity index (χ0) is 20.3. The number of hydrogen-bond donors (Lipinski definition) is 1. The molecular weight excluding hydrogens is 366 g/mol. The monoisotopic (exact) mass is 389 g/mol. The fourth-order valence-electron chi connectivity index (χ4n) is 2.71. The lowest BCUT2D eigenvalue weighted by molar-refractivity contribution is -0.142. The molecule has 0 atom stereocenters. The first-order valence-electron chi connectivity index (χ1n) is 9.51. The number of carbonyl (C=O) groups excluding carboxylic acids is 2. The van der Waals surface area contributed by atoms with E-state index in [0.717, 1.165) is 18.6 Å². The van der Waals surface area contributed by atoms with Crippen LogP contribution in [0.3, 0.4) is 0 Å². The summed E-state index contributed by atoms with van der Waals surface area (Å²) in [7, 11) is 0. The zero-order valence-corrected chi connectivity index (χ0v) is 16.0. The molecule has 0 radical (unpaired) electrons. The predicted octanol–water partition coefficient (Wildman–Crippen LogP) is 4.38. The van der Waals surface area contributed by atoms with Crippen LogP contribution in [0.1, 0.15) is 22.3 Å². The molecule has 1 N–H and O–H groups in total. The summed E-state index contributed by atoms with van der Waals surface area (Å²) in [5, 5.41) is 2.57. The Bertz CT molecular complexity index is 909. The van der Waals surface area contributed by atoms with Crippen molar-refractivity contribution in [1.29, 1.82) is 0 Å². The molecule has 29 heavy (non-hydrogen) atoms. The van der Waals surface area contributed by atoms with Gasteiger partial charge in [-0.25, -0.2) is 0 Å². The van der Waals surface area contributed by atoms with Crippen LogP contribution in [0.5, 0.6) is 11.5 Å². The number of ether oxygens (including phenoxy) is 2. The number of nitrogens with one attached hydrogen (secondary N) is 1. The molecule has 0 aliphatic rings. The molecule has 3 aromatic carbocycles. The summed E-state index contributed by atoms with van der Waals surface area (Å²) in [6, 6.07) is 26.1. The maximum absolute atomic E-state index is 12.2. The highest BCUT2D eigenvalue weighted by atomic mass is 16.5. The van der Waals surface area contributed by atoms with Gasteiger partial charge in [0.05, 0.1) is 6.61 Å². The van der Waals surface area contributed by atoms with E-state index < -0.39 is 5.97 Å². The third-order valence-electron chi connectivity index (χ3n) is 4.20. The Hall–Kier alpha value is -3.60. The lowest BCUT2D eigenvalue weighted by Gasteiger charge is -2.08. The molecule has 5 heteroatoms. The number of para-hydroxylation sites is 1. The second kappa shape index (κ2) is 10.7. The van der Waals surface area contributed by atoms with E-state index >= 15 is 0 Å². The van der Waals surface area contributed by atoms with Crippen LogP contribution >= 0.6 is 0 Å². The van der Waals surface area contributed by atoms with Gasteiger partial charge < -0.3 is 14.8 Å². The van der Waals surface area contributed by atoms with E-state index in [4.69, 9.17) is 9.47 Å². The van der Waals surface area contributed by atoms with E-state index in [9.17, 15) is 9.59 Å². The molecule has 0 saturated carbocycles. The van der Waals surface area contributed by atoms with Crippen LogP contribution in [0.4, 0.5) is 0 Å². The Kier molecular flexibility index (Phi) is 7.41. The molecule has 0 bridgehead atoms. The van der Waals surface area contributed by atoms with Gasteiger partial charge >= 0.3 is 5.97 Å². The summed E-state index contributed by atoms with van der Waals surface area (Å²) in [5.41, 5.74) is 1.65. The number of aryl methyl sites for hydroxylation is 1. The molecule has 0 aromatic heterocycles. The fraction of sp³-hybridized carbons (Fsp3) is 0.167. The molecular formula is C24H23NO4. The molecule has 0 aliphatic heterocycles. The number of benzene rings is 3. The van der Waals surface area contributed by atoms with E-state index in [0.29, 0.717) is 17.9 Å². The van der Waals surface area contributed by atoms with Crippen molar-refractivity contribution in [1.82, 2.24) is 5.32 Å². The second-order valence-electron chi connectivity index (χ2n) is 6.43. The molecule has 148 valence electrons. The molecule has 0 heterocycles. The number of hydrogen-bond acceptors (Lipinski definition) is 4. The van der Waals surface area contributed by atoms with Crippen LogP contribution in [0, 0.1) is 0 Å². The fourth-order valence-corrected chi connectivity index (χ4v) is 2.71. The molecule has 3 aromatic rings. The van der Waals surface area contributed by atoms with E-state index in [1.807, 2.05) is 60.7 Å². The van der Waals surface area contributed by atoms with Crippen LogP contribution < -0.4 is 10.1 Å². The molecule has 5 nitrogen and oxygen atoms in total. The van der Waals surface area contributed by atoms with E-state index in [1.54, 1.807) is 24.3 Å². The highest BCUT2D eigenvalue weighted by Gasteiger charge is 2.09. The molecule has 0 saturated heterocycles. The number of carbonyl (C=O) groups is 2. The van der Waals surface area contributed by atoms with E-state index in [2.05, 4.69) is 5.32 Å². The topological polar surface area (TPSA) is 64.6 Å². The molecule has 3 rings (SSSR count). The second-order valence-corrected chi connectivity index (χ2v) is 6.43. The van der Waals surface area contributed by atoms with Crippen molar-refractivity contribution in [2.45, 2.75) is 12.8 Å². The average Bonchev–Trinajstić information content (AvgIpc) is 2.77. The summed E-state index contributed by atoms with van der Waals surface area (Å²) < 4.78 is 10.9. The molecule has 1 amide bonds. The summed E-state index contributed by atoms with van der Waals surface area (Å²) in [6.45, 7) is 0.168.